The topological polar surface area (TPSA) is 113 Å². The van der Waals surface area contributed by atoms with Gasteiger partial charge in [-0.3, -0.25) is 4.79 Å². The molecule has 7 heteroatoms. The maximum atomic E-state index is 12.4. The van der Waals surface area contributed by atoms with E-state index in [2.05, 4.69) is 0 Å². The third-order valence-corrected chi connectivity index (χ3v) is 3.83. The Hall–Kier alpha value is -3.22. The van der Waals surface area contributed by atoms with Gasteiger partial charge in [0.2, 0.25) is 0 Å². The van der Waals surface area contributed by atoms with Crippen LogP contribution in [0.15, 0.2) is 30.3 Å². The molecule has 3 N–H and O–H groups in total. The maximum Gasteiger partial charge on any atom is 0.343 e. The first-order chi connectivity index (χ1) is 11.4. The molecule has 1 heterocycles. The number of phenolic OH excluding ortho intramolecular Hbond substituents is 3. The molecule has 7 nitrogen and oxygen atoms in total. The van der Waals surface area contributed by atoms with E-state index in [1.807, 2.05) is 0 Å². The van der Waals surface area contributed by atoms with Crippen LogP contribution in [0.3, 0.4) is 0 Å². The van der Waals surface area contributed by atoms with Crippen LogP contribution in [0.25, 0.3) is 0 Å². The summed E-state index contributed by atoms with van der Waals surface area (Å²) in [6.07, 6.45) is -1.03. The standard InChI is InChI=1S/C17H14O7/c1-23-16-11(19)5-4-10-14(24-17(22)15(10)16)7-13(21)9-3-2-8(18)6-12(9)20/h2-6,14,18-20H,7H2,1H3. The Morgan fingerprint density at radius 3 is 2.58 bits per heavy atom. The van der Waals surface area contributed by atoms with Gasteiger partial charge in [-0.15, -0.1) is 0 Å². The molecular weight excluding hydrogens is 316 g/mol. The van der Waals surface area contributed by atoms with Crippen LogP contribution in [-0.4, -0.2) is 34.2 Å². The smallest absolute Gasteiger partial charge is 0.343 e. The number of aromatic hydroxyl groups is 3. The minimum Gasteiger partial charge on any atom is -0.508 e. The van der Waals surface area contributed by atoms with Crippen LogP contribution in [-0.2, 0) is 4.74 Å². The molecule has 0 saturated carbocycles. The number of Topliss-reactive ketones (excluding diaryl/α,β-unsaturated/α-hetero) is 1. The van der Waals surface area contributed by atoms with Crippen LogP contribution in [0.1, 0.15) is 38.8 Å². The van der Waals surface area contributed by atoms with Crippen molar-refractivity contribution in [2.45, 2.75) is 12.5 Å². The number of esters is 1. The first-order valence-electron chi connectivity index (χ1n) is 7.08. The van der Waals surface area contributed by atoms with E-state index in [9.17, 15) is 24.9 Å². The Morgan fingerprint density at radius 1 is 1.17 bits per heavy atom. The predicted molar refractivity (Wildman–Crippen MR) is 81.5 cm³/mol. The van der Waals surface area contributed by atoms with Gasteiger partial charge in [-0.2, -0.15) is 0 Å². The van der Waals surface area contributed by atoms with Gasteiger partial charge >= 0.3 is 5.97 Å². The summed E-state index contributed by atoms with van der Waals surface area (Å²) in [6, 6.07) is 6.48. The Balaban J connectivity index is 1.91. The summed E-state index contributed by atoms with van der Waals surface area (Å²) in [4.78, 5) is 24.4. The third-order valence-electron chi connectivity index (χ3n) is 3.83. The number of carbonyl (C=O) groups excluding carboxylic acids is 2. The van der Waals surface area contributed by atoms with Crippen molar-refractivity contribution in [2.75, 3.05) is 7.11 Å². The molecule has 0 saturated heterocycles. The quantitative estimate of drug-likeness (QED) is 0.582. The van der Waals surface area contributed by atoms with Crippen molar-refractivity contribution in [1.29, 1.82) is 0 Å². The lowest BCUT2D eigenvalue weighted by Crippen LogP contribution is -2.08. The van der Waals surface area contributed by atoms with Gasteiger partial charge in [-0.25, -0.2) is 4.79 Å². The van der Waals surface area contributed by atoms with Crippen molar-refractivity contribution in [3.63, 3.8) is 0 Å². The summed E-state index contributed by atoms with van der Waals surface area (Å²) in [5, 5.41) is 28.8. The number of hydrogen-bond donors (Lipinski definition) is 3. The lowest BCUT2D eigenvalue weighted by molar-refractivity contribution is 0.0365. The lowest BCUT2D eigenvalue weighted by Gasteiger charge is -2.11. The number of carbonyl (C=O) groups is 2. The molecule has 2 aromatic carbocycles. The first-order valence-corrected chi connectivity index (χ1v) is 7.08. The van der Waals surface area contributed by atoms with E-state index in [4.69, 9.17) is 9.47 Å². The highest BCUT2D eigenvalue weighted by Crippen LogP contribution is 2.43. The maximum absolute atomic E-state index is 12.4. The zero-order chi connectivity index (χ0) is 17.4. The van der Waals surface area contributed by atoms with Gasteiger partial charge in [-0.1, -0.05) is 6.07 Å². The van der Waals surface area contributed by atoms with Gasteiger partial charge in [0, 0.05) is 11.6 Å². The molecular formula is C17H14O7. The predicted octanol–water partition coefficient (Wildman–Crippen LogP) is 2.30. The summed E-state index contributed by atoms with van der Waals surface area (Å²) < 4.78 is 10.2. The zero-order valence-corrected chi connectivity index (χ0v) is 12.6. The van der Waals surface area contributed by atoms with Crippen molar-refractivity contribution in [1.82, 2.24) is 0 Å². The van der Waals surface area contributed by atoms with E-state index < -0.39 is 17.9 Å². The second-order valence-corrected chi connectivity index (χ2v) is 5.30. The summed E-state index contributed by atoms with van der Waals surface area (Å²) in [7, 11) is 1.32. The highest BCUT2D eigenvalue weighted by atomic mass is 16.6. The third kappa shape index (κ3) is 2.50. The van der Waals surface area contributed by atoms with Crippen LogP contribution < -0.4 is 4.74 Å². The molecule has 1 atom stereocenters. The highest BCUT2D eigenvalue weighted by Gasteiger charge is 2.37. The van der Waals surface area contributed by atoms with E-state index in [0.29, 0.717) is 5.56 Å². The van der Waals surface area contributed by atoms with Gasteiger partial charge in [0.05, 0.1) is 19.1 Å². The van der Waals surface area contributed by atoms with Crippen LogP contribution in [0.4, 0.5) is 0 Å². The number of ketones is 1. The molecule has 0 spiro atoms. The first kappa shape index (κ1) is 15.7. The molecule has 3 rings (SSSR count). The number of methoxy groups -OCH3 is 1. The number of benzene rings is 2. The van der Waals surface area contributed by atoms with Crippen molar-refractivity contribution in [2.24, 2.45) is 0 Å². The molecule has 0 bridgehead atoms. The summed E-state index contributed by atoms with van der Waals surface area (Å²) in [5.74, 6) is -1.86. The number of hydrogen-bond acceptors (Lipinski definition) is 7. The summed E-state index contributed by atoms with van der Waals surface area (Å²) >= 11 is 0. The Bertz CT molecular complexity index is 841. The zero-order valence-electron chi connectivity index (χ0n) is 12.6. The molecule has 1 aliphatic rings. The number of phenols is 3. The second kappa shape index (κ2) is 5.77. The molecule has 0 aromatic heterocycles. The van der Waals surface area contributed by atoms with E-state index in [-0.39, 0.29) is 40.5 Å². The highest BCUT2D eigenvalue weighted by molar-refractivity contribution is 6.02. The molecule has 2 aromatic rings. The van der Waals surface area contributed by atoms with Gasteiger partial charge in [0.1, 0.15) is 23.2 Å². The monoisotopic (exact) mass is 330 g/mol. The van der Waals surface area contributed by atoms with Crippen molar-refractivity contribution >= 4 is 11.8 Å². The molecule has 0 radical (unpaired) electrons. The van der Waals surface area contributed by atoms with Gasteiger partial charge in [-0.05, 0) is 18.2 Å². The van der Waals surface area contributed by atoms with Crippen molar-refractivity contribution in [3.05, 3.63) is 47.0 Å². The SMILES string of the molecule is COc1c(O)ccc2c1C(=O)OC2CC(=O)c1ccc(O)cc1O. The minimum absolute atomic E-state index is 0.0000652. The van der Waals surface area contributed by atoms with E-state index >= 15 is 0 Å². The number of cyclic esters (lactones) is 1. The van der Waals surface area contributed by atoms with Crippen LogP contribution in [0, 0.1) is 0 Å². The molecule has 0 fully saturated rings. The molecule has 124 valence electrons. The Kier molecular flexibility index (Phi) is 3.76. The molecule has 24 heavy (non-hydrogen) atoms. The minimum atomic E-state index is -0.845. The fraction of sp³-hybridized carbons (Fsp3) is 0.176. The summed E-state index contributed by atoms with van der Waals surface area (Å²) in [6.45, 7) is 0. The lowest BCUT2D eigenvalue weighted by atomic mass is 9.97. The van der Waals surface area contributed by atoms with Crippen molar-refractivity contribution in [3.8, 4) is 23.0 Å². The number of ether oxygens (including phenoxy) is 2. The Labute approximate surface area is 136 Å². The van der Waals surface area contributed by atoms with Gasteiger partial charge < -0.3 is 24.8 Å². The largest absolute Gasteiger partial charge is 0.508 e. The van der Waals surface area contributed by atoms with E-state index in [1.54, 1.807) is 0 Å². The average molecular weight is 330 g/mol. The van der Waals surface area contributed by atoms with Crippen LogP contribution >= 0.6 is 0 Å². The fourth-order valence-corrected chi connectivity index (χ4v) is 2.71. The van der Waals surface area contributed by atoms with E-state index in [0.717, 1.165) is 6.07 Å². The normalized spacial score (nSPS) is 15.7. The molecule has 1 unspecified atom stereocenters. The van der Waals surface area contributed by atoms with Gasteiger partial charge in [0.25, 0.3) is 0 Å². The summed E-state index contributed by atoms with van der Waals surface area (Å²) in [5.41, 5.74) is 0.537. The average Bonchev–Trinajstić information content (AvgIpc) is 2.83. The van der Waals surface area contributed by atoms with E-state index in [1.165, 1.54) is 31.4 Å². The van der Waals surface area contributed by atoms with Crippen LogP contribution in [0.2, 0.25) is 0 Å². The Morgan fingerprint density at radius 2 is 1.92 bits per heavy atom. The van der Waals surface area contributed by atoms with Crippen LogP contribution in [0.5, 0.6) is 23.0 Å². The number of rotatable bonds is 4. The fourth-order valence-electron chi connectivity index (χ4n) is 2.71. The molecule has 0 amide bonds. The van der Waals surface area contributed by atoms with Crippen molar-refractivity contribution < 1.29 is 34.4 Å². The van der Waals surface area contributed by atoms with Gasteiger partial charge in [0.15, 0.2) is 17.3 Å². The second-order valence-electron chi connectivity index (χ2n) is 5.30. The number of fused-ring (bicyclic) bond motifs is 1. The molecule has 0 aliphatic carbocycles. The molecule has 1 aliphatic heterocycles.